The minimum Gasteiger partial charge on any atom is -0.383 e. The van der Waals surface area contributed by atoms with Gasteiger partial charge in [0.25, 0.3) is 0 Å². The third-order valence-corrected chi connectivity index (χ3v) is 6.94. The molecule has 32 heavy (non-hydrogen) atoms. The molecule has 2 aliphatic heterocycles. The lowest BCUT2D eigenvalue weighted by molar-refractivity contribution is 0.352. The van der Waals surface area contributed by atoms with Crippen molar-refractivity contribution in [1.82, 2.24) is 25.1 Å². The van der Waals surface area contributed by atoms with Crippen LogP contribution in [-0.2, 0) is 0 Å². The molecule has 0 amide bonds. The number of hydrogen-bond donors (Lipinski definition) is 2. The number of aromatic nitrogens is 4. The van der Waals surface area contributed by atoms with Crippen LogP contribution in [0.2, 0.25) is 5.02 Å². The van der Waals surface area contributed by atoms with Crippen molar-refractivity contribution in [3.63, 3.8) is 0 Å². The smallest absolute Gasteiger partial charge is 0.186 e. The third kappa shape index (κ3) is 4.21. The summed E-state index contributed by atoms with van der Waals surface area (Å²) in [6.45, 7) is 12.3. The zero-order chi connectivity index (χ0) is 22.1. The van der Waals surface area contributed by atoms with Gasteiger partial charge in [0.15, 0.2) is 5.65 Å². The second-order valence-electron chi connectivity index (χ2n) is 8.79. The molecule has 0 radical (unpaired) electrons. The van der Waals surface area contributed by atoms with Crippen molar-refractivity contribution in [1.29, 1.82) is 0 Å². The molecule has 0 unspecified atom stereocenters. The van der Waals surface area contributed by atoms with E-state index in [0.29, 0.717) is 0 Å². The highest BCUT2D eigenvalue weighted by Crippen LogP contribution is 2.33. The van der Waals surface area contributed by atoms with Gasteiger partial charge in [-0.2, -0.15) is 5.10 Å². The van der Waals surface area contributed by atoms with Gasteiger partial charge in [-0.05, 0) is 57.5 Å². The molecule has 0 atom stereocenters. The lowest BCUT2D eigenvalue weighted by Crippen LogP contribution is -2.47. The van der Waals surface area contributed by atoms with E-state index in [-0.39, 0.29) is 0 Å². The van der Waals surface area contributed by atoms with Gasteiger partial charge in [-0.3, -0.25) is 5.10 Å². The van der Waals surface area contributed by atoms with Crippen LogP contribution in [0.5, 0.6) is 0 Å². The Balaban J connectivity index is 1.27. The lowest BCUT2D eigenvalue weighted by Gasteiger charge is -2.38. The lowest BCUT2D eigenvalue weighted by atomic mass is 10.1. The van der Waals surface area contributed by atoms with Crippen LogP contribution < -0.4 is 15.1 Å². The second-order valence-corrected chi connectivity index (χ2v) is 9.23. The van der Waals surface area contributed by atoms with Crippen LogP contribution in [0.25, 0.3) is 11.0 Å². The molecule has 170 valence electrons. The van der Waals surface area contributed by atoms with Gasteiger partial charge >= 0.3 is 0 Å². The summed E-state index contributed by atoms with van der Waals surface area (Å²) in [4.78, 5) is 16.2. The largest absolute Gasteiger partial charge is 0.383 e. The zero-order valence-corrected chi connectivity index (χ0v) is 19.6. The molecule has 2 fully saturated rings. The molecule has 3 aromatic rings. The van der Waals surface area contributed by atoms with Gasteiger partial charge in [-0.15, -0.1) is 0 Å². The standard InChI is InChI=1S/C23H31ClN8/c1-16-19(25-5-8-30-6-3-4-7-30)13-18(24)14-20(16)31-9-11-32(12-10-31)23-21-17(2)28-29-22(21)26-15-27-23/h13-15,25H,3-12H2,1-2H3,(H,26,27,28,29). The number of benzene rings is 1. The first-order valence-electron chi connectivity index (χ1n) is 11.5. The summed E-state index contributed by atoms with van der Waals surface area (Å²) in [5, 5.41) is 12.7. The second kappa shape index (κ2) is 9.11. The monoisotopic (exact) mass is 454 g/mol. The molecule has 2 aromatic heterocycles. The number of halogens is 1. The van der Waals surface area contributed by atoms with Crippen LogP contribution in [0.1, 0.15) is 24.1 Å². The van der Waals surface area contributed by atoms with E-state index in [9.17, 15) is 0 Å². The van der Waals surface area contributed by atoms with Crippen molar-refractivity contribution >= 4 is 39.8 Å². The fourth-order valence-electron chi connectivity index (χ4n) is 4.91. The molecule has 0 aliphatic carbocycles. The van der Waals surface area contributed by atoms with E-state index in [1.165, 1.54) is 37.2 Å². The Hall–Kier alpha value is -2.58. The van der Waals surface area contributed by atoms with E-state index in [4.69, 9.17) is 11.6 Å². The Kier molecular flexibility index (Phi) is 6.06. The Morgan fingerprint density at radius 2 is 1.75 bits per heavy atom. The number of piperazine rings is 1. The first-order valence-corrected chi connectivity index (χ1v) is 11.9. The molecular formula is C23H31ClN8. The van der Waals surface area contributed by atoms with Crippen molar-refractivity contribution in [3.05, 3.63) is 34.7 Å². The fourth-order valence-corrected chi connectivity index (χ4v) is 5.12. The van der Waals surface area contributed by atoms with E-state index in [1.807, 2.05) is 6.92 Å². The number of hydrogen-bond acceptors (Lipinski definition) is 7. The number of fused-ring (bicyclic) bond motifs is 1. The van der Waals surface area contributed by atoms with Crippen molar-refractivity contribution in [2.75, 3.05) is 67.5 Å². The van der Waals surface area contributed by atoms with Crippen molar-refractivity contribution in [2.24, 2.45) is 0 Å². The highest BCUT2D eigenvalue weighted by molar-refractivity contribution is 6.31. The maximum atomic E-state index is 6.53. The average Bonchev–Trinajstić information content (AvgIpc) is 3.46. The maximum Gasteiger partial charge on any atom is 0.186 e. The molecular weight excluding hydrogens is 424 g/mol. The van der Waals surface area contributed by atoms with E-state index >= 15 is 0 Å². The molecule has 0 saturated carbocycles. The van der Waals surface area contributed by atoms with E-state index < -0.39 is 0 Å². The molecule has 1 aromatic carbocycles. The predicted octanol–water partition coefficient (Wildman–Crippen LogP) is 3.46. The zero-order valence-electron chi connectivity index (χ0n) is 18.9. The summed E-state index contributed by atoms with van der Waals surface area (Å²) in [7, 11) is 0. The topological polar surface area (TPSA) is 76.2 Å². The average molecular weight is 455 g/mol. The van der Waals surface area contributed by atoms with Crippen molar-refractivity contribution < 1.29 is 0 Å². The summed E-state index contributed by atoms with van der Waals surface area (Å²) >= 11 is 6.53. The highest BCUT2D eigenvalue weighted by atomic mass is 35.5. The van der Waals surface area contributed by atoms with Crippen LogP contribution >= 0.6 is 11.6 Å². The molecule has 2 saturated heterocycles. The van der Waals surface area contributed by atoms with Gasteiger partial charge in [0, 0.05) is 61.4 Å². The minimum absolute atomic E-state index is 0.727. The van der Waals surface area contributed by atoms with E-state index in [2.05, 4.69) is 59.2 Å². The van der Waals surface area contributed by atoms with Crippen LogP contribution in [0.15, 0.2) is 18.5 Å². The van der Waals surface area contributed by atoms with Gasteiger partial charge in [0.05, 0.1) is 5.39 Å². The van der Waals surface area contributed by atoms with E-state index in [0.717, 1.165) is 72.5 Å². The Morgan fingerprint density at radius 3 is 2.53 bits per heavy atom. The van der Waals surface area contributed by atoms with Crippen molar-refractivity contribution in [3.8, 4) is 0 Å². The highest BCUT2D eigenvalue weighted by Gasteiger charge is 2.23. The number of H-pyrrole nitrogens is 1. The van der Waals surface area contributed by atoms with E-state index in [1.54, 1.807) is 6.33 Å². The van der Waals surface area contributed by atoms with Crippen LogP contribution in [0.4, 0.5) is 17.2 Å². The molecule has 2 N–H and O–H groups in total. The number of aromatic amines is 1. The molecule has 2 aliphatic rings. The van der Waals surface area contributed by atoms with Crippen LogP contribution in [-0.4, -0.2) is 77.4 Å². The van der Waals surface area contributed by atoms with Gasteiger partial charge in [0.2, 0.25) is 0 Å². The number of nitrogens with one attached hydrogen (secondary N) is 2. The van der Waals surface area contributed by atoms with Crippen molar-refractivity contribution in [2.45, 2.75) is 26.7 Å². The number of anilines is 3. The summed E-state index contributed by atoms with van der Waals surface area (Å²) < 4.78 is 0. The van der Waals surface area contributed by atoms with Crippen LogP contribution in [0.3, 0.4) is 0 Å². The normalized spacial score (nSPS) is 17.5. The Morgan fingerprint density at radius 1 is 1.00 bits per heavy atom. The first kappa shape index (κ1) is 21.3. The maximum absolute atomic E-state index is 6.53. The van der Waals surface area contributed by atoms with Gasteiger partial charge in [-0.25, -0.2) is 9.97 Å². The van der Waals surface area contributed by atoms with Gasteiger partial charge in [0.1, 0.15) is 12.1 Å². The Labute approximate surface area is 194 Å². The van der Waals surface area contributed by atoms with Crippen LogP contribution in [0, 0.1) is 13.8 Å². The number of nitrogens with zero attached hydrogens (tertiary/aromatic N) is 6. The molecule has 0 spiro atoms. The predicted molar refractivity (Wildman–Crippen MR) is 131 cm³/mol. The molecule has 5 rings (SSSR count). The first-order chi connectivity index (χ1) is 15.6. The SMILES string of the molecule is Cc1c(NCCN2CCCC2)cc(Cl)cc1N1CCN(c2ncnc3n[nH]c(C)c23)CC1. The summed E-state index contributed by atoms with van der Waals surface area (Å²) in [5.74, 6) is 0.966. The number of likely N-dealkylation sites (tertiary alicyclic amines) is 1. The molecule has 4 heterocycles. The molecule has 8 nitrogen and oxygen atoms in total. The molecule has 0 bridgehead atoms. The van der Waals surface area contributed by atoms with Gasteiger partial charge < -0.3 is 20.0 Å². The van der Waals surface area contributed by atoms with Gasteiger partial charge in [-0.1, -0.05) is 11.6 Å². The quantitative estimate of drug-likeness (QED) is 0.590. The Bertz CT molecular complexity index is 1080. The summed E-state index contributed by atoms with van der Waals surface area (Å²) in [6.07, 6.45) is 4.26. The summed E-state index contributed by atoms with van der Waals surface area (Å²) in [5.41, 5.74) is 5.35. The minimum atomic E-state index is 0.727. The third-order valence-electron chi connectivity index (χ3n) is 6.72. The number of aryl methyl sites for hydroxylation is 1. The number of rotatable bonds is 6. The fraction of sp³-hybridized carbons (Fsp3) is 0.522. The summed E-state index contributed by atoms with van der Waals surface area (Å²) in [6, 6.07) is 4.15. The molecule has 9 heteroatoms.